The maximum Gasteiger partial charge on any atom is 0.386 e. The topological polar surface area (TPSA) is 254 Å². The molecule has 6 heterocycles. The van der Waals surface area contributed by atoms with Crippen molar-refractivity contribution in [2.45, 2.75) is 55.6 Å². The number of nitrogens with two attached hydrogens (primary N) is 2. The maximum atomic E-state index is 15.5. The Labute approximate surface area is 244 Å². The predicted octanol–water partition coefficient (Wildman–Crippen LogP) is -0.222. The Kier molecular flexibility index (Phi) is 7.84. The van der Waals surface area contributed by atoms with Gasteiger partial charge in [0.25, 0.3) is 5.56 Å². The number of aromatic amines is 1. The second-order valence-corrected chi connectivity index (χ2v) is 12.6. The smallest absolute Gasteiger partial charge is 0.386 e. The summed E-state index contributed by atoms with van der Waals surface area (Å²) in [7, 11) is 0. The van der Waals surface area contributed by atoms with Crippen molar-refractivity contribution in [3.8, 4) is 0 Å². The average molecular weight is 647 g/mol. The molecule has 232 valence electrons. The quantitative estimate of drug-likeness (QED) is 0.102. The Morgan fingerprint density at radius 3 is 2.70 bits per heavy atom. The van der Waals surface area contributed by atoms with Crippen molar-refractivity contribution < 1.29 is 42.1 Å². The van der Waals surface area contributed by atoms with Gasteiger partial charge < -0.3 is 35.7 Å². The average Bonchev–Trinajstić information content (AvgIpc) is 3.71. The van der Waals surface area contributed by atoms with Gasteiger partial charge in [-0.15, -0.1) is 5.10 Å². The second kappa shape index (κ2) is 11.3. The summed E-state index contributed by atoms with van der Waals surface area (Å²) in [4.78, 5) is 26.4. The molecule has 0 aliphatic carbocycles. The molecule has 0 saturated carbocycles. The van der Waals surface area contributed by atoms with Crippen molar-refractivity contribution in [1.29, 1.82) is 0 Å². The third-order valence-electron chi connectivity index (χ3n) is 7.04. The Bertz CT molecular complexity index is 1760. The van der Waals surface area contributed by atoms with Crippen LogP contribution in [0.3, 0.4) is 0 Å². The number of aromatic nitrogens is 8. The van der Waals surface area contributed by atoms with Crippen LogP contribution in [-0.4, -0.2) is 99.7 Å². The monoisotopic (exact) mass is 646 g/mol. The number of nitrogens with one attached hydrogen (secondary N) is 1. The van der Waals surface area contributed by atoms with Gasteiger partial charge in [0.15, 0.2) is 36.0 Å². The van der Waals surface area contributed by atoms with E-state index in [0.717, 1.165) is 4.68 Å². The SMILES string of the molecule is Nc1nc2c(nnn2[C@@H]2O[C@H](CCO)[C@@H](F)[C@H]2OP(=O)(S)OC[C@H]2O[C@@H](n3ccc4c(N)ncnc43)[C@@H](F)[C@@H]2O)c(=O)[nH]1. The molecular weight excluding hydrogens is 621 g/mol. The number of nitrogen functional groups attached to an aromatic ring is 2. The molecule has 18 nitrogen and oxygen atoms in total. The molecule has 0 aromatic carbocycles. The molecule has 2 fully saturated rings. The first-order valence-corrected chi connectivity index (χ1v) is 15.4. The fourth-order valence-electron chi connectivity index (χ4n) is 5.00. The summed E-state index contributed by atoms with van der Waals surface area (Å²) in [5.74, 6) is -0.121. The fourth-order valence-corrected chi connectivity index (χ4v) is 6.45. The number of alkyl halides is 2. The molecule has 0 spiro atoms. The number of fused-ring (bicyclic) bond motifs is 2. The lowest BCUT2D eigenvalue weighted by Gasteiger charge is -2.24. The molecule has 22 heteroatoms. The number of H-pyrrole nitrogens is 1. The molecular formula is C21H25F2N10O8PS. The number of halogens is 2. The standard InChI is InChI=1S/C21H25F2N10O8PS/c22-10-8(2-4-34)39-20(33-17-12(30-31-33)18(36)29-21(25)28-17)14(10)41-42(37,43)38-5-9-13(35)11(23)19(40-9)32-3-1-7-15(24)26-6-27-16(7)32/h1,3,6,8-11,13-14,19-20,34-35H,2,4-5H2,(H,37,43)(H2,24,26,27)(H3,25,28,29,36)/t8-,9-,10-,11+,13-,14-,19-,20-,42?/m1/s1. The van der Waals surface area contributed by atoms with E-state index >= 15 is 8.78 Å². The van der Waals surface area contributed by atoms with Crippen LogP contribution in [-0.2, 0) is 23.1 Å². The van der Waals surface area contributed by atoms with E-state index < -0.39 is 74.8 Å². The van der Waals surface area contributed by atoms with Gasteiger partial charge in [-0.2, -0.15) is 9.67 Å². The van der Waals surface area contributed by atoms with Crippen molar-refractivity contribution in [2.75, 3.05) is 24.7 Å². The second-order valence-electron chi connectivity index (χ2n) is 9.73. The van der Waals surface area contributed by atoms with Crippen LogP contribution in [0.2, 0.25) is 0 Å². The zero-order valence-electron chi connectivity index (χ0n) is 21.8. The molecule has 0 radical (unpaired) electrons. The number of ether oxygens (including phenoxy) is 2. The van der Waals surface area contributed by atoms with E-state index in [1.807, 2.05) is 0 Å². The molecule has 1 unspecified atom stereocenters. The first-order valence-electron chi connectivity index (χ1n) is 12.7. The minimum Gasteiger partial charge on any atom is -0.396 e. The van der Waals surface area contributed by atoms with E-state index in [1.54, 1.807) is 6.07 Å². The molecule has 2 saturated heterocycles. The zero-order valence-corrected chi connectivity index (χ0v) is 23.5. The van der Waals surface area contributed by atoms with Gasteiger partial charge in [0.1, 0.15) is 36.1 Å². The van der Waals surface area contributed by atoms with Crippen LogP contribution >= 0.6 is 19.0 Å². The summed E-state index contributed by atoms with van der Waals surface area (Å²) in [5.41, 5.74) is 10.6. The number of rotatable bonds is 9. The van der Waals surface area contributed by atoms with Gasteiger partial charge in [-0.1, -0.05) is 17.5 Å². The van der Waals surface area contributed by atoms with Gasteiger partial charge in [0.05, 0.1) is 18.1 Å². The van der Waals surface area contributed by atoms with E-state index in [9.17, 15) is 19.6 Å². The Morgan fingerprint density at radius 1 is 1.16 bits per heavy atom. The van der Waals surface area contributed by atoms with Crippen molar-refractivity contribution in [2.24, 2.45) is 0 Å². The van der Waals surface area contributed by atoms with Crippen LogP contribution in [0.4, 0.5) is 20.5 Å². The highest BCUT2D eigenvalue weighted by molar-refractivity contribution is 8.44. The van der Waals surface area contributed by atoms with Gasteiger partial charge >= 0.3 is 6.80 Å². The van der Waals surface area contributed by atoms with E-state index in [0.29, 0.717) is 5.39 Å². The molecule has 4 aromatic rings. The van der Waals surface area contributed by atoms with Crippen LogP contribution in [0.1, 0.15) is 18.9 Å². The van der Waals surface area contributed by atoms with Gasteiger partial charge in [-0.05, 0) is 12.5 Å². The molecule has 7 N–H and O–H groups in total. The number of aliphatic hydroxyl groups is 2. The Morgan fingerprint density at radius 2 is 1.93 bits per heavy atom. The highest BCUT2D eigenvalue weighted by Gasteiger charge is 2.51. The lowest BCUT2D eigenvalue weighted by atomic mass is 10.1. The van der Waals surface area contributed by atoms with Crippen LogP contribution in [0.25, 0.3) is 22.2 Å². The van der Waals surface area contributed by atoms with Gasteiger partial charge in [-0.25, -0.2) is 23.3 Å². The minimum absolute atomic E-state index is 0.164. The molecule has 2 aliphatic heterocycles. The molecule has 2 aliphatic rings. The van der Waals surface area contributed by atoms with Gasteiger partial charge in [-0.3, -0.25) is 18.8 Å². The normalized spacial score (nSPS) is 30.8. The molecule has 4 aromatic heterocycles. The summed E-state index contributed by atoms with van der Waals surface area (Å²) >= 11 is 3.93. The molecule has 0 bridgehead atoms. The summed E-state index contributed by atoms with van der Waals surface area (Å²) in [6.45, 7) is -5.62. The number of hydrogen-bond acceptors (Lipinski definition) is 15. The van der Waals surface area contributed by atoms with E-state index in [4.69, 9.17) is 30.0 Å². The first-order chi connectivity index (χ1) is 20.5. The largest absolute Gasteiger partial charge is 0.396 e. The van der Waals surface area contributed by atoms with E-state index in [-0.39, 0.29) is 35.0 Å². The van der Waals surface area contributed by atoms with Crippen LogP contribution in [0.5, 0.6) is 0 Å². The number of anilines is 2. The highest BCUT2D eigenvalue weighted by Crippen LogP contribution is 2.57. The van der Waals surface area contributed by atoms with Crippen molar-refractivity contribution >= 4 is 53.0 Å². The molecule has 9 atom stereocenters. The summed E-state index contributed by atoms with van der Waals surface area (Å²) in [5, 5.41) is 27.8. The summed E-state index contributed by atoms with van der Waals surface area (Å²) < 4.78 is 68.2. The highest BCUT2D eigenvalue weighted by atomic mass is 32.7. The Hall–Kier alpha value is -3.30. The van der Waals surface area contributed by atoms with Gasteiger partial charge in [0, 0.05) is 12.8 Å². The van der Waals surface area contributed by atoms with Crippen molar-refractivity contribution in [1.82, 2.24) is 39.5 Å². The van der Waals surface area contributed by atoms with E-state index in [1.165, 1.54) is 17.1 Å². The molecule has 6 rings (SSSR count). The van der Waals surface area contributed by atoms with Crippen molar-refractivity contribution in [3.63, 3.8) is 0 Å². The van der Waals surface area contributed by atoms with Gasteiger partial charge in [0.2, 0.25) is 5.95 Å². The lowest BCUT2D eigenvalue weighted by Crippen LogP contribution is -2.33. The minimum atomic E-state index is -4.49. The number of aliphatic hydroxyl groups excluding tert-OH is 2. The lowest BCUT2D eigenvalue weighted by molar-refractivity contribution is -0.0526. The van der Waals surface area contributed by atoms with Crippen LogP contribution in [0, 0.1) is 0 Å². The fraction of sp³-hybridized carbons (Fsp3) is 0.524. The summed E-state index contributed by atoms with van der Waals surface area (Å²) in [6, 6.07) is 1.56. The molecule has 43 heavy (non-hydrogen) atoms. The third-order valence-corrected chi connectivity index (χ3v) is 8.65. The first kappa shape index (κ1) is 29.8. The van der Waals surface area contributed by atoms with Crippen molar-refractivity contribution in [3.05, 3.63) is 28.9 Å². The zero-order chi connectivity index (χ0) is 30.6. The predicted molar refractivity (Wildman–Crippen MR) is 145 cm³/mol. The van der Waals surface area contributed by atoms with E-state index in [2.05, 4.69) is 42.5 Å². The Balaban J connectivity index is 1.19. The number of nitrogens with zero attached hydrogens (tertiary/aromatic N) is 7. The third kappa shape index (κ3) is 5.35. The van der Waals surface area contributed by atoms with Crippen LogP contribution < -0.4 is 17.0 Å². The van der Waals surface area contributed by atoms with Crippen LogP contribution in [0.15, 0.2) is 23.4 Å². The summed E-state index contributed by atoms with van der Waals surface area (Å²) in [6.07, 6.45) is -10.4. The number of thiol groups is 1. The molecule has 0 amide bonds. The number of hydrogen-bond donors (Lipinski definition) is 6. The maximum absolute atomic E-state index is 15.5.